The van der Waals surface area contributed by atoms with Gasteiger partial charge in [-0.05, 0) is 24.8 Å². The highest BCUT2D eigenvalue weighted by Crippen LogP contribution is 2.40. The van der Waals surface area contributed by atoms with Gasteiger partial charge in [0, 0.05) is 29.7 Å². The van der Waals surface area contributed by atoms with Crippen LogP contribution >= 0.6 is 11.3 Å². The molecule has 3 atom stereocenters. The Morgan fingerprint density at radius 3 is 3.12 bits per heavy atom. The summed E-state index contributed by atoms with van der Waals surface area (Å²) in [6.07, 6.45) is 7.67. The Morgan fingerprint density at radius 2 is 2.25 bits per heavy atom. The molecule has 0 amide bonds. The number of thiazole rings is 1. The van der Waals surface area contributed by atoms with E-state index in [4.69, 9.17) is 0 Å². The van der Waals surface area contributed by atoms with Gasteiger partial charge in [-0.15, -0.1) is 21.5 Å². The van der Waals surface area contributed by atoms with Crippen LogP contribution in [0.15, 0.2) is 30.0 Å². The van der Waals surface area contributed by atoms with E-state index in [0.717, 1.165) is 40.6 Å². The summed E-state index contributed by atoms with van der Waals surface area (Å²) in [4.78, 5) is 11.9. The molecule has 0 aliphatic heterocycles. The Labute approximate surface area is 142 Å². The highest BCUT2D eigenvalue weighted by molar-refractivity contribution is 7.13. The molecule has 1 saturated carbocycles. The summed E-state index contributed by atoms with van der Waals surface area (Å²) in [6, 6.07) is 2.46. The van der Waals surface area contributed by atoms with E-state index in [9.17, 15) is 0 Å². The van der Waals surface area contributed by atoms with Gasteiger partial charge in [0.05, 0.1) is 11.7 Å². The highest BCUT2D eigenvalue weighted by Gasteiger charge is 2.35. The van der Waals surface area contributed by atoms with Gasteiger partial charge < -0.3 is 10.3 Å². The second-order valence-electron chi connectivity index (χ2n) is 6.46. The van der Waals surface area contributed by atoms with E-state index in [1.54, 1.807) is 17.5 Å². The van der Waals surface area contributed by atoms with Crippen LogP contribution in [0.2, 0.25) is 0 Å². The number of hydrogen-bond acceptors (Lipinski definition) is 6. The van der Waals surface area contributed by atoms with Gasteiger partial charge in [0.15, 0.2) is 16.4 Å². The molecule has 4 heterocycles. The molecule has 24 heavy (non-hydrogen) atoms. The number of rotatable bonds is 3. The molecule has 0 saturated heterocycles. The zero-order valence-electron chi connectivity index (χ0n) is 13.2. The first-order valence-electron chi connectivity index (χ1n) is 8.13. The molecule has 1 fully saturated rings. The van der Waals surface area contributed by atoms with Crippen LogP contribution < -0.4 is 5.32 Å². The van der Waals surface area contributed by atoms with Gasteiger partial charge in [-0.25, -0.2) is 9.97 Å². The summed E-state index contributed by atoms with van der Waals surface area (Å²) < 4.78 is 2.14. The van der Waals surface area contributed by atoms with Gasteiger partial charge in [0.2, 0.25) is 0 Å². The first-order chi connectivity index (χ1) is 11.8. The molecule has 4 aromatic rings. The number of anilines is 1. The molecule has 0 unspecified atom stereocenters. The lowest BCUT2D eigenvalue weighted by Crippen LogP contribution is -2.15. The van der Waals surface area contributed by atoms with Crippen molar-refractivity contribution in [2.24, 2.45) is 5.92 Å². The quantitative estimate of drug-likeness (QED) is 0.599. The van der Waals surface area contributed by atoms with Crippen molar-refractivity contribution >= 4 is 33.3 Å². The second kappa shape index (κ2) is 5.27. The maximum Gasteiger partial charge on any atom is 0.182 e. The lowest BCUT2D eigenvalue weighted by Gasteiger charge is -2.13. The van der Waals surface area contributed by atoms with Gasteiger partial charge in [0.25, 0.3) is 0 Å². The monoisotopic (exact) mass is 339 g/mol. The largest absolute Gasteiger partial charge is 0.359 e. The van der Waals surface area contributed by atoms with Crippen molar-refractivity contribution in [3.63, 3.8) is 0 Å². The average molecular weight is 339 g/mol. The molecule has 0 radical (unpaired) electrons. The summed E-state index contributed by atoms with van der Waals surface area (Å²) >= 11 is 1.65. The summed E-state index contributed by atoms with van der Waals surface area (Å²) in [5.74, 6) is 1.95. The molecule has 0 spiro atoms. The standard InChI is InChI=1S/C16H17N7S/c1-9-6-10(20-16-18-4-5-24-16)7-11(9)15-22-21-13-8-19-14-12(23(13)15)2-3-17-14/h2-5,8-11,17H,6-7H2,1H3,(H,18,20)/t9-,10+,11+/m1/s1. The van der Waals surface area contributed by atoms with E-state index in [2.05, 4.69) is 41.8 Å². The Hall–Kier alpha value is -2.48. The first kappa shape index (κ1) is 13.9. The van der Waals surface area contributed by atoms with E-state index < -0.39 is 0 Å². The molecule has 1 aliphatic carbocycles. The van der Waals surface area contributed by atoms with Gasteiger partial charge >= 0.3 is 0 Å². The smallest absolute Gasteiger partial charge is 0.182 e. The Balaban J connectivity index is 1.52. The van der Waals surface area contributed by atoms with Crippen LogP contribution in [0.25, 0.3) is 16.8 Å². The molecular weight excluding hydrogens is 322 g/mol. The number of hydrogen-bond donors (Lipinski definition) is 2. The maximum atomic E-state index is 4.51. The van der Waals surface area contributed by atoms with E-state index in [1.165, 1.54) is 0 Å². The Morgan fingerprint density at radius 1 is 1.29 bits per heavy atom. The van der Waals surface area contributed by atoms with Crippen LogP contribution in [0, 0.1) is 5.92 Å². The molecule has 4 aromatic heterocycles. The van der Waals surface area contributed by atoms with Crippen molar-refractivity contribution in [3.8, 4) is 0 Å². The van der Waals surface area contributed by atoms with Gasteiger partial charge in [0.1, 0.15) is 5.82 Å². The number of fused-ring (bicyclic) bond motifs is 3. The maximum absolute atomic E-state index is 4.51. The zero-order valence-corrected chi connectivity index (χ0v) is 14.0. The van der Waals surface area contributed by atoms with Crippen LogP contribution in [0.3, 0.4) is 0 Å². The SMILES string of the molecule is C[C@@H]1C[C@H](Nc2nccs2)C[C@@H]1c1nnc2cnc3[nH]ccc3n12. The van der Waals surface area contributed by atoms with Crippen LogP contribution in [-0.2, 0) is 0 Å². The first-order valence-corrected chi connectivity index (χ1v) is 9.00. The fourth-order valence-electron chi connectivity index (χ4n) is 3.83. The summed E-state index contributed by atoms with van der Waals surface area (Å²) in [5.41, 5.74) is 2.71. The lowest BCUT2D eigenvalue weighted by atomic mass is 9.97. The van der Waals surface area contributed by atoms with E-state index in [-0.39, 0.29) is 0 Å². The summed E-state index contributed by atoms with van der Waals surface area (Å²) in [5, 5.41) is 15.4. The van der Waals surface area contributed by atoms with Crippen LogP contribution in [-0.4, -0.2) is 35.6 Å². The van der Waals surface area contributed by atoms with Crippen molar-refractivity contribution < 1.29 is 0 Å². The number of H-pyrrole nitrogens is 1. The molecule has 0 aromatic carbocycles. The van der Waals surface area contributed by atoms with Crippen molar-refractivity contribution in [1.82, 2.24) is 29.5 Å². The Kier molecular flexibility index (Phi) is 3.05. The molecule has 7 nitrogen and oxygen atoms in total. The minimum atomic E-state index is 0.373. The number of aromatic amines is 1. The van der Waals surface area contributed by atoms with Crippen LogP contribution in [0.1, 0.15) is 31.5 Å². The minimum Gasteiger partial charge on any atom is -0.359 e. The topological polar surface area (TPSA) is 83.8 Å². The number of nitrogens with zero attached hydrogens (tertiary/aromatic N) is 5. The van der Waals surface area contributed by atoms with Crippen molar-refractivity contribution in [3.05, 3.63) is 35.9 Å². The predicted octanol–water partition coefficient (Wildman–Crippen LogP) is 3.06. The van der Waals surface area contributed by atoms with E-state index in [0.29, 0.717) is 17.9 Å². The van der Waals surface area contributed by atoms with Crippen molar-refractivity contribution in [2.75, 3.05) is 5.32 Å². The average Bonchev–Trinajstić information content (AvgIpc) is 3.32. The predicted molar refractivity (Wildman–Crippen MR) is 93.3 cm³/mol. The van der Waals surface area contributed by atoms with Crippen LogP contribution in [0.4, 0.5) is 5.13 Å². The molecular formula is C16H17N7S. The Bertz CT molecular complexity index is 987. The fourth-order valence-corrected chi connectivity index (χ4v) is 4.44. The summed E-state index contributed by atoms with van der Waals surface area (Å²) in [6.45, 7) is 2.30. The fraction of sp³-hybridized carbons (Fsp3) is 0.375. The van der Waals surface area contributed by atoms with E-state index >= 15 is 0 Å². The van der Waals surface area contributed by atoms with Crippen molar-refractivity contribution in [2.45, 2.75) is 31.7 Å². The highest BCUT2D eigenvalue weighted by atomic mass is 32.1. The number of nitrogens with one attached hydrogen (secondary N) is 2. The van der Waals surface area contributed by atoms with Gasteiger partial charge in [-0.3, -0.25) is 4.40 Å². The molecule has 122 valence electrons. The van der Waals surface area contributed by atoms with Crippen molar-refractivity contribution in [1.29, 1.82) is 0 Å². The third-order valence-electron chi connectivity index (χ3n) is 4.94. The molecule has 1 aliphatic rings. The lowest BCUT2D eigenvalue weighted by molar-refractivity contribution is 0.507. The third-order valence-corrected chi connectivity index (χ3v) is 5.64. The minimum absolute atomic E-state index is 0.373. The van der Waals surface area contributed by atoms with Gasteiger partial charge in [-0.1, -0.05) is 6.92 Å². The normalized spacial score (nSPS) is 24.1. The summed E-state index contributed by atoms with van der Waals surface area (Å²) in [7, 11) is 0. The zero-order chi connectivity index (χ0) is 16.1. The molecule has 8 heteroatoms. The molecule has 2 N–H and O–H groups in total. The van der Waals surface area contributed by atoms with Crippen LogP contribution in [0.5, 0.6) is 0 Å². The molecule has 5 rings (SSSR count). The second-order valence-corrected chi connectivity index (χ2v) is 7.35. The number of aromatic nitrogens is 6. The third kappa shape index (κ3) is 2.10. The van der Waals surface area contributed by atoms with E-state index in [1.807, 2.05) is 23.8 Å². The van der Waals surface area contributed by atoms with Gasteiger partial charge in [-0.2, -0.15) is 0 Å². The molecule has 0 bridgehead atoms.